The Kier molecular flexibility index (Phi) is 5.31. The van der Waals surface area contributed by atoms with Crippen LogP contribution < -0.4 is 15.8 Å². The Labute approximate surface area is 143 Å². The molecule has 1 fully saturated rings. The van der Waals surface area contributed by atoms with E-state index in [4.69, 9.17) is 10.5 Å². The van der Waals surface area contributed by atoms with Crippen LogP contribution in [0.5, 0.6) is 5.88 Å². The predicted molar refractivity (Wildman–Crippen MR) is 97.2 cm³/mol. The highest BCUT2D eigenvalue weighted by Crippen LogP contribution is 2.23. The lowest BCUT2D eigenvalue weighted by Gasteiger charge is -2.12. The minimum atomic E-state index is 0.310. The minimum Gasteiger partial charge on any atom is -0.474 e. The quantitative estimate of drug-likeness (QED) is 0.650. The zero-order valence-electron chi connectivity index (χ0n) is 14.0. The summed E-state index contributed by atoms with van der Waals surface area (Å²) in [5, 5.41) is 3.09. The van der Waals surface area contributed by atoms with Gasteiger partial charge in [0.1, 0.15) is 6.10 Å². The van der Waals surface area contributed by atoms with Gasteiger partial charge in [-0.05, 0) is 56.4 Å². The van der Waals surface area contributed by atoms with E-state index in [2.05, 4.69) is 22.2 Å². The van der Waals surface area contributed by atoms with Crippen molar-refractivity contribution in [2.24, 2.45) is 10.7 Å². The van der Waals surface area contributed by atoms with E-state index in [9.17, 15) is 0 Å². The van der Waals surface area contributed by atoms with Crippen LogP contribution in [0.25, 0.3) is 0 Å². The molecule has 1 aromatic heterocycles. The molecule has 2 aromatic rings. The third kappa shape index (κ3) is 4.72. The molecule has 0 radical (unpaired) electrons. The zero-order valence-corrected chi connectivity index (χ0v) is 14.0. The van der Waals surface area contributed by atoms with E-state index in [-0.39, 0.29) is 0 Å². The van der Waals surface area contributed by atoms with E-state index < -0.39 is 0 Å². The van der Waals surface area contributed by atoms with E-state index in [1.165, 1.54) is 18.4 Å². The van der Waals surface area contributed by atoms with Crippen LogP contribution >= 0.6 is 0 Å². The molecule has 1 heterocycles. The summed E-state index contributed by atoms with van der Waals surface area (Å²) < 4.78 is 5.92. The summed E-state index contributed by atoms with van der Waals surface area (Å²) in [7, 11) is 0. The number of nitrogens with one attached hydrogen (secondary N) is 1. The third-order valence-corrected chi connectivity index (χ3v) is 4.14. The van der Waals surface area contributed by atoms with Gasteiger partial charge < -0.3 is 15.8 Å². The lowest BCUT2D eigenvalue weighted by Crippen LogP contribution is -2.22. The number of nitrogens with two attached hydrogens (primary N) is 1. The van der Waals surface area contributed by atoms with Crippen LogP contribution in [0.15, 0.2) is 47.6 Å². The number of rotatable bonds is 5. The molecule has 3 N–H and O–H groups in total. The van der Waals surface area contributed by atoms with Crippen molar-refractivity contribution in [1.82, 2.24) is 4.98 Å². The van der Waals surface area contributed by atoms with Gasteiger partial charge in [0.2, 0.25) is 5.88 Å². The fraction of sp³-hybridized carbons (Fsp3) is 0.368. The molecule has 5 nitrogen and oxygen atoms in total. The van der Waals surface area contributed by atoms with Crippen molar-refractivity contribution in [3.05, 3.63) is 53.7 Å². The van der Waals surface area contributed by atoms with Crippen LogP contribution in [-0.4, -0.2) is 17.0 Å². The van der Waals surface area contributed by atoms with Crippen molar-refractivity contribution in [2.45, 2.75) is 45.3 Å². The van der Waals surface area contributed by atoms with Gasteiger partial charge >= 0.3 is 0 Å². The highest BCUT2D eigenvalue weighted by Gasteiger charge is 2.16. The number of aromatic nitrogens is 1. The Morgan fingerprint density at radius 3 is 2.75 bits per heavy atom. The number of nitrogens with zero attached hydrogens (tertiary/aromatic N) is 2. The lowest BCUT2D eigenvalue weighted by molar-refractivity contribution is 0.201. The summed E-state index contributed by atoms with van der Waals surface area (Å²) in [6.45, 7) is 2.55. The molecule has 5 heteroatoms. The maximum atomic E-state index is 5.95. The van der Waals surface area contributed by atoms with Crippen LogP contribution in [0.2, 0.25) is 0 Å². The van der Waals surface area contributed by atoms with Crippen molar-refractivity contribution in [3.63, 3.8) is 0 Å². The number of anilines is 1. The maximum absolute atomic E-state index is 5.95. The molecule has 1 aromatic carbocycles. The van der Waals surface area contributed by atoms with Gasteiger partial charge in [-0.1, -0.05) is 17.7 Å². The Morgan fingerprint density at radius 1 is 1.25 bits per heavy atom. The molecule has 1 aliphatic carbocycles. The third-order valence-electron chi connectivity index (χ3n) is 4.14. The fourth-order valence-electron chi connectivity index (χ4n) is 2.79. The molecule has 0 saturated heterocycles. The normalized spacial score (nSPS) is 15.5. The summed E-state index contributed by atoms with van der Waals surface area (Å²) in [5.41, 5.74) is 9.13. The average Bonchev–Trinajstić information content (AvgIpc) is 3.08. The molecular formula is C19H24N4O. The molecule has 1 aliphatic rings. The van der Waals surface area contributed by atoms with Gasteiger partial charge in [0, 0.05) is 18.0 Å². The van der Waals surface area contributed by atoms with Gasteiger partial charge in [0.15, 0.2) is 5.96 Å². The van der Waals surface area contributed by atoms with Crippen LogP contribution in [0.4, 0.5) is 5.69 Å². The van der Waals surface area contributed by atoms with Crippen molar-refractivity contribution >= 4 is 11.6 Å². The van der Waals surface area contributed by atoms with Crippen molar-refractivity contribution < 1.29 is 4.74 Å². The van der Waals surface area contributed by atoms with Gasteiger partial charge in [0.05, 0.1) is 6.54 Å². The Bertz CT molecular complexity index is 691. The molecule has 0 unspecified atom stereocenters. The maximum Gasteiger partial charge on any atom is 0.213 e. The van der Waals surface area contributed by atoms with Crippen molar-refractivity contribution in [3.8, 4) is 5.88 Å². The monoisotopic (exact) mass is 324 g/mol. The number of guanidine groups is 1. The standard InChI is InChI=1S/C19H24N4O/c1-14-6-8-16(9-7-14)23-19(20)22-13-15-10-11-21-18(12-15)24-17-4-2-3-5-17/h6-12,17H,2-5,13H2,1H3,(H3,20,22,23). The minimum absolute atomic E-state index is 0.310. The van der Waals surface area contributed by atoms with Crippen molar-refractivity contribution in [1.29, 1.82) is 0 Å². The van der Waals surface area contributed by atoms with Gasteiger partial charge in [-0.2, -0.15) is 0 Å². The first-order valence-electron chi connectivity index (χ1n) is 8.44. The van der Waals surface area contributed by atoms with E-state index in [1.807, 2.05) is 36.4 Å². The summed E-state index contributed by atoms with van der Waals surface area (Å²) in [6, 6.07) is 11.9. The smallest absolute Gasteiger partial charge is 0.213 e. The highest BCUT2D eigenvalue weighted by atomic mass is 16.5. The van der Waals surface area contributed by atoms with E-state index in [0.29, 0.717) is 24.5 Å². The van der Waals surface area contributed by atoms with E-state index in [1.54, 1.807) is 6.20 Å². The number of pyridine rings is 1. The van der Waals surface area contributed by atoms with Gasteiger partial charge in [0.25, 0.3) is 0 Å². The van der Waals surface area contributed by atoms with Gasteiger partial charge in [-0.3, -0.25) is 0 Å². The van der Waals surface area contributed by atoms with Crippen LogP contribution in [-0.2, 0) is 6.54 Å². The number of aliphatic imine (C=N–C) groups is 1. The Balaban J connectivity index is 1.57. The Morgan fingerprint density at radius 2 is 2.00 bits per heavy atom. The Hall–Kier alpha value is -2.56. The molecule has 0 aliphatic heterocycles. The highest BCUT2D eigenvalue weighted by molar-refractivity contribution is 5.92. The molecule has 126 valence electrons. The number of hydrogen-bond donors (Lipinski definition) is 2. The van der Waals surface area contributed by atoms with E-state index in [0.717, 1.165) is 24.1 Å². The molecule has 0 amide bonds. The molecule has 0 atom stereocenters. The second-order valence-electron chi connectivity index (χ2n) is 6.22. The van der Waals surface area contributed by atoms with Gasteiger partial charge in [-0.25, -0.2) is 9.98 Å². The first kappa shape index (κ1) is 16.3. The number of hydrogen-bond acceptors (Lipinski definition) is 3. The average molecular weight is 324 g/mol. The molecule has 24 heavy (non-hydrogen) atoms. The molecular weight excluding hydrogens is 300 g/mol. The first-order chi connectivity index (χ1) is 11.7. The number of ether oxygens (including phenoxy) is 1. The predicted octanol–water partition coefficient (Wildman–Crippen LogP) is 3.64. The topological polar surface area (TPSA) is 72.5 Å². The lowest BCUT2D eigenvalue weighted by atomic mass is 10.2. The van der Waals surface area contributed by atoms with Gasteiger partial charge in [-0.15, -0.1) is 0 Å². The summed E-state index contributed by atoms with van der Waals surface area (Å²) in [5.74, 6) is 1.08. The summed E-state index contributed by atoms with van der Waals surface area (Å²) in [4.78, 5) is 8.67. The summed E-state index contributed by atoms with van der Waals surface area (Å²) in [6.07, 6.45) is 6.81. The first-order valence-corrected chi connectivity index (χ1v) is 8.44. The second-order valence-corrected chi connectivity index (χ2v) is 6.22. The molecule has 1 saturated carbocycles. The largest absolute Gasteiger partial charge is 0.474 e. The number of benzene rings is 1. The molecule has 0 spiro atoms. The van der Waals surface area contributed by atoms with Crippen LogP contribution in [0.1, 0.15) is 36.8 Å². The van der Waals surface area contributed by atoms with Crippen molar-refractivity contribution in [2.75, 3.05) is 5.32 Å². The van der Waals surface area contributed by atoms with E-state index >= 15 is 0 Å². The molecule has 3 rings (SSSR count). The zero-order chi connectivity index (χ0) is 16.8. The second kappa shape index (κ2) is 7.81. The van der Waals surface area contributed by atoms with Crippen LogP contribution in [0.3, 0.4) is 0 Å². The van der Waals surface area contributed by atoms with Crippen LogP contribution in [0, 0.1) is 6.92 Å². The number of aryl methyl sites for hydroxylation is 1. The molecule has 0 bridgehead atoms. The SMILES string of the molecule is Cc1ccc(NC(N)=NCc2ccnc(OC3CCCC3)c2)cc1. The summed E-state index contributed by atoms with van der Waals surface area (Å²) >= 11 is 0. The fourth-order valence-corrected chi connectivity index (χ4v) is 2.79.